The summed E-state index contributed by atoms with van der Waals surface area (Å²) in [4.78, 5) is 11.0. The normalized spacial score (nSPS) is 9.30. The smallest absolute Gasteiger partial charge is 0.177 e. The Morgan fingerprint density at radius 2 is 2.10 bits per heavy atom. The summed E-state index contributed by atoms with van der Waals surface area (Å²) in [6, 6.07) is 0. The third kappa shape index (κ3) is 1.32. The van der Waals surface area contributed by atoms with Gasteiger partial charge in [0.2, 0.25) is 0 Å². The van der Waals surface area contributed by atoms with Crippen molar-refractivity contribution in [1.29, 1.82) is 5.41 Å². The van der Waals surface area contributed by atoms with E-state index in [1.54, 1.807) is 0 Å². The molecule has 0 aliphatic carbocycles. The summed E-state index contributed by atoms with van der Waals surface area (Å²) in [7, 11) is 0. The second-order valence-corrected chi connectivity index (χ2v) is 1.64. The van der Waals surface area contributed by atoms with Gasteiger partial charge in [-0.15, -0.1) is 0 Å². The minimum atomic E-state index is 0.157. The fourth-order valence-electron chi connectivity index (χ4n) is 0.486. The number of nitrogens with two attached hydrogens (primary N) is 1. The van der Waals surface area contributed by atoms with E-state index >= 15 is 0 Å². The largest absolute Gasteiger partial charge is 0.325 e. The van der Waals surface area contributed by atoms with Crippen molar-refractivity contribution in [3.63, 3.8) is 0 Å². The second-order valence-electron chi connectivity index (χ2n) is 1.64. The monoisotopic (exact) mass is 137 g/mol. The Morgan fingerprint density at radius 3 is 2.60 bits per heavy atom. The van der Waals surface area contributed by atoms with Gasteiger partial charge >= 0.3 is 0 Å². The summed E-state index contributed by atoms with van der Waals surface area (Å²) in [6.45, 7) is 0.157. The van der Waals surface area contributed by atoms with Crippen LogP contribution in [0.5, 0.6) is 0 Å². The molecule has 0 saturated heterocycles. The minimum Gasteiger partial charge on any atom is -0.325 e. The Hall–Kier alpha value is -1.36. The lowest BCUT2D eigenvalue weighted by Gasteiger charge is -1.94. The Labute approximate surface area is 57.8 Å². The lowest BCUT2D eigenvalue weighted by molar-refractivity contribution is 1.01. The van der Waals surface area contributed by atoms with E-state index < -0.39 is 0 Å². The van der Waals surface area contributed by atoms with Crippen LogP contribution in [0.3, 0.4) is 0 Å². The van der Waals surface area contributed by atoms with Gasteiger partial charge in [-0.05, 0) is 0 Å². The highest BCUT2D eigenvalue weighted by atomic mass is 15.0. The molecule has 0 fully saturated rings. The van der Waals surface area contributed by atoms with Gasteiger partial charge in [0.25, 0.3) is 0 Å². The van der Waals surface area contributed by atoms with Gasteiger partial charge in [-0.1, -0.05) is 0 Å². The van der Waals surface area contributed by atoms with Crippen LogP contribution in [0.2, 0.25) is 0 Å². The van der Waals surface area contributed by atoms with Crippen LogP contribution < -0.4 is 5.73 Å². The maximum absolute atomic E-state index is 7.20. The summed E-state index contributed by atoms with van der Waals surface area (Å²) < 4.78 is 0. The summed E-state index contributed by atoms with van der Waals surface area (Å²) in [5.41, 5.74) is 5.40. The number of nitrogens with zero attached hydrogens (tertiary/aromatic N) is 3. The summed E-state index contributed by atoms with van der Waals surface area (Å²) in [5.74, 6) is 0.345. The first-order valence-electron chi connectivity index (χ1n) is 2.74. The number of hydrogen-bond donors (Lipinski definition) is 2. The maximum Gasteiger partial charge on any atom is 0.177 e. The van der Waals surface area contributed by atoms with Crippen LogP contribution in [0.4, 0.5) is 0 Å². The SMILES string of the molecule is N=C(CN)c1ncncn1. The van der Waals surface area contributed by atoms with Gasteiger partial charge in [0.1, 0.15) is 12.7 Å². The standard InChI is InChI=1S/C5H7N5/c6-1-4(7)5-9-2-8-3-10-5/h2-3,7H,1,6H2. The van der Waals surface area contributed by atoms with E-state index in [-0.39, 0.29) is 12.3 Å². The molecule has 1 aromatic heterocycles. The maximum atomic E-state index is 7.20. The van der Waals surface area contributed by atoms with Gasteiger partial charge in [0, 0.05) is 6.54 Å². The third-order valence-electron chi connectivity index (χ3n) is 0.967. The van der Waals surface area contributed by atoms with Crippen molar-refractivity contribution in [2.75, 3.05) is 6.54 Å². The molecule has 1 rings (SSSR count). The first-order valence-corrected chi connectivity index (χ1v) is 2.74. The Kier molecular flexibility index (Phi) is 2.01. The van der Waals surface area contributed by atoms with Crippen LogP contribution in [-0.4, -0.2) is 27.2 Å². The van der Waals surface area contributed by atoms with E-state index in [0.717, 1.165) is 0 Å². The average Bonchev–Trinajstić information content (AvgIpc) is 2.05. The van der Waals surface area contributed by atoms with Crippen LogP contribution >= 0.6 is 0 Å². The molecule has 0 bridgehead atoms. The predicted octanol–water partition coefficient (Wildman–Crippen LogP) is -0.802. The topological polar surface area (TPSA) is 88.5 Å². The van der Waals surface area contributed by atoms with Crippen molar-refractivity contribution in [3.05, 3.63) is 18.5 Å². The Balaban J connectivity index is 2.85. The number of aromatic nitrogens is 3. The van der Waals surface area contributed by atoms with Gasteiger partial charge < -0.3 is 11.1 Å². The molecule has 1 heterocycles. The fraction of sp³-hybridized carbons (Fsp3) is 0.200. The summed E-state index contributed by atoms with van der Waals surface area (Å²) >= 11 is 0. The first-order chi connectivity index (χ1) is 4.84. The lowest BCUT2D eigenvalue weighted by Crippen LogP contribution is -2.16. The number of nitrogens with one attached hydrogen (secondary N) is 1. The highest BCUT2D eigenvalue weighted by Crippen LogP contribution is 1.83. The number of rotatable bonds is 2. The van der Waals surface area contributed by atoms with Crippen molar-refractivity contribution >= 4 is 5.71 Å². The second kappa shape index (κ2) is 2.98. The van der Waals surface area contributed by atoms with E-state index in [1.807, 2.05) is 0 Å². The van der Waals surface area contributed by atoms with Gasteiger partial charge in [0.15, 0.2) is 5.82 Å². The van der Waals surface area contributed by atoms with Gasteiger partial charge in [-0.2, -0.15) is 0 Å². The van der Waals surface area contributed by atoms with E-state index in [0.29, 0.717) is 5.82 Å². The predicted molar refractivity (Wildman–Crippen MR) is 35.7 cm³/mol. The zero-order valence-electron chi connectivity index (χ0n) is 5.28. The lowest BCUT2D eigenvalue weighted by atomic mass is 10.3. The molecule has 3 N–H and O–H groups in total. The van der Waals surface area contributed by atoms with Crippen LogP contribution in [0.1, 0.15) is 5.82 Å². The zero-order chi connectivity index (χ0) is 7.40. The van der Waals surface area contributed by atoms with Crippen molar-refractivity contribution in [3.8, 4) is 0 Å². The molecular formula is C5H7N5. The van der Waals surface area contributed by atoms with Gasteiger partial charge in [-0.25, -0.2) is 15.0 Å². The molecule has 0 saturated carbocycles. The summed E-state index contributed by atoms with van der Waals surface area (Å²) in [6.07, 6.45) is 2.68. The molecule has 5 heteroatoms. The van der Waals surface area contributed by atoms with E-state index in [1.165, 1.54) is 12.7 Å². The molecule has 0 unspecified atom stereocenters. The molecule has 0 aliphatic heterocycles. The van der Waals surface area contributed by atoms with Crippen LogP contribution in [0.25, 0.3) is 0 Å². The molecule has 0 radical (unpaired) electrons. The molecule has 1 aromatic rings. The molecule has 10 heavy (non-hydrogen) atoms. The van der Waals surface area contributed by atoms with Crippen molar-refractivity contribution in [1.82, 2.24) is 15.0 Å². The molecular weight excluding hydrogens is 130 g/mol. The van der Waals surface area contributed by atoms with E-state index in [2.05, 4.69) is 15.0 Å². The van der Waals surface area contributed by atoms with Gasteiger partial charge in [-0.3, -0.25) is 0 Å². The van der Waals surface area contributed by atoms with Crippen molar-refractivity contribution in [2.45, 2.75) is 0 Å². The van der Waals surface area contributed by atoms with Crippen LogP contribution in [0.15, 0.2) is 12.7 Å². The average molecular weight is 137 g/mol. The fourth-order valence-corrected chi connectivity index (χ4v) is 0.486. The van der Waals surface area contributed by atoms with Crippen molar-refractivity contribution < 1.29 is 0 Å². The first kappa shape index (κ1) is 6.76. The molecule has 0 spiro atoms. The number of hydrogen-bond acceptors (Lipinski definition) is 5. The van der Waals surface area contributed by atoms with E-state index in [9.17, 15) is 0 Å². The van der Waals surface area contributed by atoms with Gasteiger partial charge in [0.05, 0.1) is 5.71 Å². The molecule has 0 aliphatic rings. The summed E-state index contributed by atoms with van der Waals surface area (Å²) in [5, 5.41) is 7.20. The van der Waals surface area contributed by atoms with Crippen LogP contribution in [-0.2, 0) is 0 Å². The molecule has 52 valence electrons. The highest BCUT2D eigenvalue weighted by Gasteiger charge is 1.98. The van der Waals surface area contributed by atoms with E-state index in [4.69, 9.17) is 11.1 Å². The molecule has 0 aromatic carbocycles. The quantitative estimate of drug-likeness (QED) is 0.522. The van der Waals surface area contributed by atoms with Crippen LogP contribution in [0, 0.1) is 5.41 Å². The minimum absolute atomic E-state index is 0.157. The third-order valence-corrected chi connectivity index (χ3v) is 0.967. The van der Waals surface area contributed by atoms with Crippen molar-refractivity contribution in [2.24, 2.45) is 5.73 Å². The highest BCUT2D eigenvalue weighted by molar-refractivity contribution is 5.95. The molecule has 5 nitrogen and oxygen atoms in total. The Bertz CT molecular complexity index is 219. The Morgan fingerprint density at radius 1 is 1.50 bits per heavy atom. The molecule has 0 amide bonds. The molecule has 0 atom stereocenters. The zero-order valence-corrected chi connectivity index (χ0v) is 5.28.